The highest BCUT2D eigenvalue weighted by Crippen LogP contribution is 2.33. The third kappa shape index (κ3) is 6.59. The number of carbonyl (C=O) groups is 1. The van der Waals surface area contributed by atoms with Crippen molar-refractivity contribution in [3.05, 3.63) is 95.6 Å². The molecule has 1 atom stereocenters. The second kappa shape index (κ2) is 12.4. The third-order valence-corrected chi connectivity index (χ3v) is 9.49. The zero-order valence-electron chi connectivity index (χ0n) is 25.2. The molecule has 2 aliphatic heterocycles. The number of aliphatic hydroxyl groups is 1. The van der Waals surface area contributed by atoms with Gasteiger partial charge in [-0.2, -0.15) is 0 Å². The smallest absolute Gasteiger partial charge is 0.407 e. The first kappa shape index (κ1) is 30.4. The number of aryl methyl sites for hydroxylation is 1. The molecule has 0 radical (unpaired) electrons. The van der Waals surface area contributed by atoms with Gasteiger partial charge in [0.1, 0.15) is 17.4 Å². The summed E-state index contributed by atoms with van der Waals surface area (Å²) < 4.78 is 14.3. The summed E-state index contributed by atoms with van der Waals surface area (Å²) >= 11 is 0.868. The number of piperazine rings is 1. The summed E-state index contributed by atoms with van der Waals surface area (Å²) in [5.74, 6) is 1.66. The molecule has 0 bridgehead atoms. The van der Waals surface area contributed by atoms with Gasteiger partial charge in [-0.15, -0.1) is 0 Å². The normalized spacial score (nSPS) is 18.4. The molecule has 0 saturated carbocycles. The summed E-state index contributed by atoms with van der Waals surface area (Å²) in [7, 11) is 0. The number of allylic oxidation sites excluding steroid dienone is 2. The number of amides is 1. The number of nitrogens with two attached hydrogens (primary N) is 1. The summed E-state index contributed by atoms with van der Waals surface area (Å²) in [6, 6.07) is 17.1. The minimum atomic E-state index is -1.20. The number of rotatable bonds is 7. The van der Waals surface area contributed by atoms with E-state index < -0.39 is 11.8 Å². The first-order valence-corrected chi connectivity index (χ1v) is 15.9. The predicted molar refractivity (Wildman–Crippen MR) is 179 cm³/mol. The van der Waals surface area contributed by atoms with Crippen LogP contribution in [0.15, 0.2) is 83.5 Å². The van der Waals surface area contributed by atoms with Crippen LogP contribution in [0.2, 0.25) is 0 Å². The molecule has 1 amide bonds. The first-order chi connectivity index (χ1) is 21.6. The Balaban J connectivity index is 1.20. The zero-order valence-corrected chi connectivity index (χ0v) is 26.1. The lowest BCUT2D eigenvalue weighted by atomic mass is 9.92. The molecule has 1 fully saturated rings. The lowest BCUT2D eigenvalue weighted by Gasteiger charge is -2.33. The molecule has 2 aromatic heterocycles. The monoisotopic (exact) mass is 627 g/mol. The van der Waals surface area contributed by atoms with Crippen molar-refractivity contribution in [2.24, 2.45) is 0 Å². The Morgan fingerprint density at radius 1 is 1.09 bits per heavy atom. The highest BCUT2D eigenvalue weighted by atomic mass is 32.2. The molecule has 45 heavy (non-hydrogen) atoms. The molecule has 1 unspecified atom stereocenters. The minimum absolute atomic E-state index is 0.202. The molecule has 4 heterocycles. The van der Waals surface area contributed by atoms with E-state index in [1.54, 1.807) is 19.2 Å². The molecular formula is C34H36FN6O3S+. The van der Waals surface area contributed by atoms with E-state index in [-0.39, 0.29) is 5.82 Å². The number of hydrogen-bond donors (Lipinski definition) is 4. The van der Waals surface area contributed by atoms with Crippen molar-refractivity contribution in [3.63, 3.8) is 0 Å². The van der Waals surface area contributed by atoms with E-state index in [2.05, 4.69) is 26.3 Å². The molecule has 4 aromatic rings. The number of thiol groups is 1. The molecule has 9 nitrogen and oxygen atoms in total. The van der Waals surface area contributed by atoms with Crippen molar-refractivity contribution in [3.8, 4) is 11.1 Å². The number of dihydropyridines is 1. The van der Waals surface area contributed by atoms with Crippen molar-refractivity contribution < 1.29 is 19.4 Å². The van der Waals surface area contributed by atoms with Gasteiger partial charge in [0, 0.05) is 73.3 Å². The Labute approximate surface area is 265 Å². The van der Waals surface area contributed by atoms with E-state index >= 15 is 0 Å². The third-order valence-electron chi connectivity index (χ3n) is 8.34. The van der Waals surface area contributed by atoms with Gasteiger partial charge in [0.25, 0.3) is 0 Å². The number of pyridine rings is 2. The predicted octanol–water partition coefficient (Wildman–Crippen LogP) is 4.97. The van der Waals surface area contributed by atoms with Crippen LogP contribution in [0.1, 0.15) is 24.5 Å². The lowest BCUT2D eigenvalue weighted by molar-refractivity contribution is 0.0727. The Bertz CT molecular complexity index is 1820. The molecule has 2 aliphatic rings. The fraction of sp³-hybridized carbons (Fsp3) is 0.265. The maximum absolute atomic E-state index is 14.3. The van der Waals surface area contributed by atoms with Crippen LogP contribution >= 0.6 is 0 Å². The van der Waals surface area contributed by atoms with Gasteiger partial charge >= 0.3 is 6.09 Å². The number of carboxylic acid groups (broad SMARTS) is 1. The van der Waals surface area contributed by atoms with Crippen LogP contribution in [0.3, 0.4) is 0 Å². The summed E-state index contributed by atoms with van der Waals surface area (Å²) in [5.41, 5.74) is 11.1. The van der Waals surface area contributed by atoms with Gasteiger partial charge in [0.2, 0.25) is 0 Å². The number of nitrogens with zero attached hydrogens (tertiary/aromatic N) is 4. The summed E-state index contributed by atoms with van der Waals surface area (Å²) in [4.78, 5) is 24.6. The maximum Gasteiger partial charge on any atom is 0.407 e. The van der Waals surface area contributed by atoms with Gasteiger partial charge in [-0.05, 0) is 84.7 Å². The molecule has 5 N–H and O–H groups in total. The van der Waals surface area contributed by atoms with Crippen LogP contribution < -0.4 is 16.0 Å². The van der Waals surface area contributed by atoms with Gasteiger partial charge < -0.3 is 31.1 Å². The quantitative estimate of drug-likeness (QED) is 0.167. The number of halogens is 1. The van der Waals surface area contributed by atoms with Gasteiger partial charge in [0.15, 0.2) is 16.4 Å². The van der Waals surface area contributed by atoms with E-state index in [9.17, 15) is 19.4 Å². The fourth-order valence-corrected chi connectivity index (χ4v) is 6.65. The second-order valence-corrected chi connectivity index (χ2v) is 12.8. The van der Waals surface area contributed by atoms with Crippen molar-refractivity contribution in [2.75, 3.05) is 42.6 Å². The molecule has 0 spiro atoms. The van der Waals surface area contributed by atoms with E-state index in [1.165, 1.54) is 4.90 Å². The number of benzene rings is 2. The number of aromatic nitrogens is 2. The zero-order chi connectivity index (χ0) is 31.7. The van der Waals surface area contributed by atoms with E-state index in [0.29, 0.717) is 49.1 Å². The topological polar surface area (TPSA) is 128 Å². The van der Waals surface area contributed by atoms with E-state index in [1.807, 2.05) is 61.7 Å². The van der Waals surface area contributed by atoms with E-state index in [0.717, 1.165) is 61.9 Å². The number of nitrogen functional groups attached to an aromatic ring is 1. The minimum Gasteiger partial charge on any atom is -0.465 e. The van der Waals surface area contributed by atoms with Crippen LogP contribution in [0.4, 0.5) is 20.8 Å². The first-order valence-electron chi connectivity index (χ1n) is 14.8. The molecular weight excluding hydrogens is 591 g/mol. The van der Waals surface area contributed by atoms with Crippen molar-refractivity contribution in [2.45, 2.75) is 30.9 Å². The fourth-order valence-electron chi connectivity index (χ4n) is 5.66. The number of anilines is 2. The molecule has 6 rings (SSSR count). The van der Waals surface area contributed by atoms with Crippen LogP contribution in [0.25, 0.3) is 27.6 Å². The average Bonchev–Trinajstić information content (AvgIpc) is 3.02. The van der Waals surface area contributed by atoms with Crippen LogP contribution in [0, 0.1) is 12.7 Å². The summed E-state index contributed by atoms with van der Waals surface area (Å²) in [6.45, 7) is 5.65. The van der Waals surface area contributed by atoms with Gasteiger partial charge in [-0.3, -0.25) is 0 Å². The van der Waals surface area contributed by atoms with Gasteiger partial charge in [0.05, 0.1) is 5.52 Å². The van der Waals surface area contributed by atoms with Gasteiger partial charge in [-0.1, -0.05) is 12.1 Å². The second-order valence-electron chi connectivity index (χ2n) is 11.6. The van der Waals surface area contributed by atoms with Crippen LogP contribution in [0.5, 0.6) is 0 Å². The number of hydrogen-bond acceptors (Lipinski definition) is 7. The van der Waals surface area contributed by atoms with Crippen molar-refractivity contribution >= 4 is 46.0 Å². The summed E-state index contributed by atoms with van der Waals surface area (Å²) in [6.07, 6.45) is 5.29. The maximum atomic E-state index is 14.3. The Hall–Kier alpha value is -4.61. The van der Waals surface area contributed by atoms with Crippen molar-refractivity contribution in [1.82, 2.24) is 20.2 Å². The Morgan fingerprint density at radius 2 is 1.87 bits per heavy atom. The highest BCUT2D eigenvalue weighted by molar-refractivity contribution is 7.78. The summed E-state index contributed by atoms with van der Waals surface area (Å²) in [5, 5.41) is 24.3. The SMILES string of the molecule is Cc1ccc([SH+]CCC2=CC(c3ccc4nc(N)c(-c5ccc(N6CCN(C(=O)O)CC6)nc5)cc4c3)=CNC2(C)O)c(F)c1. The molecule has 232 valence electrons. The highest BCUT2D eigenvalue weighted by Gasteiger charge is 2.29. The van der Waals surface area contributed by atoms with E-state index in [4.69, 9.17) is 5.73 Å². The molecule has 2 aromatic carbocycles. The lowest BCUT2D eigenvalue weighted by Crippen LogP contribution is -2.48. The van der Waals surface area contributed by atoms with Crippen molar-refractivity contribution in [1.29, 1.82) is 0 Å². The Kier molecular flexibility index (Phi) is 8.39. The van der Waals surface area contributed by atoms with Crippen LogP contribution in [-0.2, 0) is 11.8 Å². The molecule has 11 heteroatoms. The van der Waals surface area contributed by atoms with Crippen LogP contribution in [-0.4, -0.2) is 68.8 Å². The molecule has 1 saturated heterocycles. The number of fused-ring (bicyclic) bond motifs is 1. The standard InChI is InChI=1S/C34H35FN6O3S/c1-21-3-7-30(28(35)15-21)45-14-9-26-17-25(20-38-34(26,2)44)22-4-6-29-24(16-22)18-27(32(36)39-29)23-5-8-31(37-19-23)40-10-12-41(13-11-40)33(42)43/h3-8,15-20,38,44H,9-14H2,1-2H3,(H2,36,39)(H,42,43)/p+1. The Morgan fingerprint density at radius 3 is 2.58 bits per heavy atom. The number of nitrogens with one attached hydrogen (secondary N) is 1. The molecule has 0 aliphatic carbocycles. The average molecular weight is 628 g/mol. The largest absolute Gasteiger partial charge is 0.465 e. The van der Waals surface area contributed by atoms with Gasteiger partial charge in [-0.25, -0.2) is 19.2 Å².